The number of hydrogen-bond acceptors (Lipinski definition) is 5. The Kier molecular flexibility index (Phi) is 7.95. The molecule has 3 heterocycles. The number of ether oxygens (including phenoxy) is 1. The predicted molar refractivity (Wildman–Crippen MR) is 217 cm³/mol. The molecular weight excluding hydrogens is 685 g/mol. The number of carbonyl (C=O) groups is 2. The first-order valence-corrected chi connectivity index (χ1v) is 20.6. The van der Waals surface area contributed by atoms with Crippen molar-refractivity contribution in [3.05, 3.63) is 100 Å². The van der Waals surface area contributed by atoms with E-state index in [1.165, 1.54) is 11.3 Å². The zero-order valence-corrected chi connectivity index (χ0v) is 33.9. The molecule has 1 aromatic heterocycles. The molecule has 2 aromatic carbocycles. The number of aromatic nitrogens is 1. The van der Waals surface area contributed by atoms with Crippen LogP contribution in [0.15, 0.2) is 66.8 Å². The Balaban J connectivity index is 1.15. The zero-order valence-electron chi connectivity index (χ0n) is 33.9. The van der Waals surface area contributed by atoms with Crippen molar-refractivity contribution in [1.82, 2.24) is 9.88 Å². The van der Waals surface area contributed by atoms with Crippen LogP contribution in [0, 0.1) is 28.6 Å². The third-order valence-electron chi connectivity index (χ3n) is 15.7. The first-order chi connectivity index (χ1) is 25.9. The van der Waals surface area contributed by atoms with Crippen LogP contribution in [0.4, 0.5) is 0 Å². The minimum absolute atomic E-state index is 0.0328. The van der Waals surface area contributed by atoms with E-state index in [0.29, 0.717) is 24.4 Å². The SMILES string of the molecule is C=C(C)[C@H]1C(=O)c2c3c(cc4c5c(n1c24)[C@@]1(C)C(CC[C@H]2[C@](C)(/C=C/CC(=O)NCc4ccccc4)[C@@H](O)CC[C@@]21C)C5)C1=CC(C)(C)OC(C)(C)C1[C@@H]3O. The lowest BCUT2D eigenvalue weighted by atomic mass is 9.40. The molecule has 0 bridgehead atoms. The van der Waals surface area contributed by atoms with Gasteiger partial charge in [0.25, 0.3) is 0 Å². The smallest absolute Gasteiger partial charge is 0.224 e. The summed E-state index contributed by atoms with van der Waals surface area (Å²) in [5, 5.41) is 28.2. The van der Waals surface area contributed by atoms with Crippen LogP contribution in [-0.2, 0) is 27.9 Å². The molecule has 4 aliphatic carbocycles. The summed E-state index contributed by atoms with van der Waals surface area (Å²) in [4.78, 5) is 27.9. The van der Waals surface area contributed by atoms with Crippen LogP contribution in [0.25, 0.3) is 16.5 Å². The van der Waals surface area contributed by atoms with Crippen molar-refractivity contribution < 1.29 is 24.5 Å². The summed E-state index contributed by atoms with van der Waals surface area (Å²) in [6.07, 6.45) is 9.68. The zero-order chi connectivity index (χ0) is 39.2. The Bertz CT molecular complexity index is 2240. The molecule has 7 nitrogen and oxygen atoms in total. The number of benzene rings is 2. The maximum atomic E-state index is 14.9. The van der Waals surface area contributed by atoms with Crippen molar-refractivity contribution in [2.75, 3.05) is 0 Å². The Morgan fingerprint density at radius 1 is 1.05 bits per heavy atom. The van der Waals surface area contributed by atoms with Gasteiger partial charge in [-0.3, -0.25) is 9.59 Å². The van der Waals surface area contributed by atoms with E-state index in [4.69, 9.17) is 4.74 Å². The molecule has 7 heteroatoms. The van der Waals surface area contributed by atoms with Gasteiger partial charge in [-0.05, 0) is 118 Å². The summed E-state index contributed by atoms with van der Waals surface area (Å²) in [5.41, 5.74) is 6.80. The van der Waals surface area contributed by atoms with Crippen LogP contribution in [0.1, 0.15) is 138 Å². The number of rotatable bonds is 6. The molecule has 9 atom stereocenters. The van der Waals surface area contributed by atoms with Gasteiger partial charge in [-0.25, -0.2) is 0 Å². The molecular formula is C48H58N2O5. The number of hydrogen-bond donors (Lipinski definition) is 3. The molecule has 1 amide bonds. The number of fused-ring (bicyclic) bond motifs is 11. The van der Waals surface area contributed by atoms with Gasteiger partial charge in [0.1, 0.15) is 6.04 Å². The van der Waals surface area contributed by atoms with Crippen LogP contribution in [0.2, 0.25) is 0 Å². The first-order valence-electron chi connectivity index (χ1n) is 20.6. The Morgan fingerprint density at radius 3 is 2.49 bits per heavy atom. The van der Waals surface area contributed by atoms with Crippen LogP contribution in [-0.4, -0.2) is 43.8 Å². The summed E-state index contributed by atoms with van der Waals surface area (Å²) >= 11 is 0. The van der Waals surface area contributed by atoms with Crippen molar-refractivity contribution in [3.63, 3.8) is 0 Å². The number of ketones is 1. The molecule has 2 aliphatic heterocycles. The predicted octanol–water partition coefficient (Wildman–Crippen LogP) is 8.86. The molecule has 290 valence electrons. The van der Waals surface area contributed by atoms with E-state index in [-0.39, 0.29) is 40.8 Å². The highest BCUT2D eigenvalue weighted by Crippen LogP contribution is 2.71. The van der Waals surface area contributed by atoms with Gasteiger partial charge in [-0.1, -0.05) is 75.4 Å². The van der Waals surface area contributed by atoms with Gasteiger partial charge in [-0.15, -0.1) is 0 Å². The lowest BCUT2D eigenvalue weighted by Crippen LogP contribution is -2.62. The number of aliphatic hydroxyl groups excluding tert-OH is 2. The van der Waals surface area contributed by atoms with E-state index in [1.807, 2.05) is 43.3 Å². The second-order valence-electron chi connectivity index (χ2n) is 19.7. The van der Waals surface area contributed by atoms with Crippen LogP contribution in [0.5, 0.6) is 0 Å². The fraction of sp³-hybridized carbons (Fsp3) is 0.542. The van der Waals surface area contributed by atoms with Crippen LogP contribution < -0.4 is 5.32 Å². The van der Waals surface area contributed by atoms with E-state index >= 15 is 0 Å². The summed E-state index contributed by atoms with van der Waals surface area (Å²) < 4.78 is 8.91. The number of aliphatic hydroxyl groups is 2. The topological polar surface area (TPSA) is 101 Å². The maximum absolute atomic E-state index is 14.9. The Hall–Kier alpha value is -3.78. The quantitative estimate of drug-likeness (QED) is 0.219. The van der Waals surface area contributed by atoms with Crippen molar-refractivity contribution in [2.45, 2.75) is 135 Å². The molecule has 55 heavy (non-hydrogen) atoms. The molecule has 0 saturated heterocycles. The van der Waals surface area contributed by atoms with Gasteiger partial charge in [-0.2, -0.15) is 0 Å². The number of allylic oxidation sites excluding steroid dienone is 1. The molecule has 0 radical (unpaired) electrons. The first kappa shape index (κ1) is 36.8. The maximum Gasteiger partial charge on any atom is 0.224 e. The van der Waals surface area contributed by atoms with E-state index in [2.05, 4.69) is 83.1 Å². The molecule has 6 aliphatic rings. The van der Waals surface area contributed by atoms with Crippen molar-refractivity contribution in [3.8, 4) is 0 Å². The van der Waals surface area contributed by atoms with E-state index in [0.717, 1.165) is 64.4 Å². The summed E-state index contributed by atoms with van der Waals surface area (Å²) in [6, 6.07) is 11.7. The Labute approximate surface area is 325 Å². The van der Waals surface area contributed by atoms with Crippen molar-refractivity contribution >= 4 is 28.2 Å². The molecule has 2 saturated carbocycles. The highest BCUT2D eigenvalue weighted by molar-refractivity contribution is 6.18. The van der Waals surface area contributed by atoms with Gasteiger partial charge in [0.2, 0.25) is 5.91 Å². The van der Waals surface area contributed by atoms with Crippen LogP contribution in [0.3, 0.4) is 0 Å². The van der Waals surface area contributed by atoms with Crippen LogP contribution >= 0.6 is 0 Å². The lowest BCUT2D eigenvalue weighted by molar-refractivity contribution is -0.145. The van der Waals surface area contributed by atoms with Gasteiger partial charge in [0, 0.05) is 46.4 Å². The van der Waals surface area contributed by atoms with Gasteiger partial charge in [0.15, 0.2) is 5.78 Å². The minimum Gasteiger partial charge on any atom is -0.392 e. The lowest BCUT2D eigenvalue weighted by Gasteiger charge is -2.64. The average Bonchev–Trinajstić information content (AvgIpc) is 3.78. The summed E-state index contributed by atoms with van der Waals surface area (Å²) in [5.74, 6) is 0.274. The number of carbonyl (C=O) groups excluding carboxylic acids is 2. The molecule has 0 spiro atoms. The molecule has 2 unspecified atom stereocenters. The molecule has 3 N–H and O–H groups in total. The number of nitrogens with zero attached hydrogens (tertiary/aromatic N) is 1. The largest absolute Gasteiger partial charge is 0.392 e. The normalized spacial score (nSPS) is 36.3. The van der Waals surface area contributed by atoms with E-state index in [9.17, 15) is 19.8 Å². The standard InChI is InChI=1S/C48H58N2O5/c1-26(2)39-42(54)37-36-29(32-24-44(3,4)55-45(5,6)38(32)41(36)53)23-30-31-22-28-17-18-33-46(7,20-13-16-35(52)49-25-27-14-11-10-12-15-27)34(51)19-21-47(33,8)48(28,9)43(31)50(39)40(30)37/h10-15,20,23-24,28,33-34,38-39,41,51,53H,1,16-19,21-22,25H2,2-9H3,(H,49,52)/b20-13+/t28?,33-,34-,38?,39-,41+,46-,47-,48+/m0/s1. The Morgan fingerprint density at radius 2 is 1.78 bits per heavy atom. The summed E-state index contributed by atoms with van der Waals surface area (Å²) in [7, 11) is 0. The number of nitrogens with one attached hydrogen (secondary N) is 1. The second kappa shape index (κ2) is 11.9. The highest BCUT2D eigenvalue weighted by atomic mass is 16.5. The van der Waals surface area contributed by atoms with Gasteiger partial charge in [0.05, 0.1) is 34.5 Å². The molecule has 2 fully saturated rings. The fourth-order valence-electron chi connectivity index (χ4n) is 13.4. The minimum atomic E-state index is -0.856. The second-order valence-corrected chi connectivity index (χ2v) is 19.7. The van der Waals surface area contributed by atoms with Crippen molar-refractivity contribution in [1.29, 1.82) is 0 Å². The van der Waals surface area contributed by atoms with E-state index < -0.39 is 34.9 Å². The highest BCUT2D eigenvalue weighted by Gasteiger charge is 2.67. The van der Waals surface area contributed by atoms with E-state index in [1.54, 1.807) is 0 Å². The third-order valence-corrected chi connectivity index (χ3v) is 15.7. The monoisotopic (exact) mass is 742 g/mol. The van der Waals surface area contributed by atoms with Gasteiger partial charge < -0.3 is 24.8 Å². The molecule has 3 aromatic rings. The molecule has 9 rings (SSSR count). The fourth-order valence-corrected chi connectivity index (χ4v) is 13.4. The number of amides is 1. The summed E-state index contributed by atoms with van der Waals surface area (Å²) in [6.45, 7) is 22.3. The van der Waals surface area contributed by atoms with Gasteiger partial charge >= 0.3 is 0 Å². The van der Waals surface area contributed by atoms with Crippen molar-refractivity contribution in [2.24, 2.45) is 28.6 Å². The third kappa shape index (κ3) is 4.85. The number of Topliss-reactive ketones (excluding diaryl/α,β-unsaturated/α-hetero) is 1. The average molecular weight is 743 g/mol.